The maximum absolute atomic E-state index is 13.1. The minimum Gasteiger partial charge on any atom is -0.299 e. The molecular formula is C21H30N4O. The van der Waals surface area contributed by atoms with Crippen LogP contribution in [0.5, 0.6) is 0 Å². The minimum absolute atomic E-state index is 0.125. The van der Waals surface area contributed by atoms with Gasteiger partial charge < -0.3 is 0 Å². The highest BCUT2D eigenvalue weighted by molar-refractivity contribution is 5.33. The van der Waals surface area contributed by atoms with Crippen molar-refractivity contribution in [2.24, 2.45) is 7.05 Å². The Kier molecular flexibility index (Phi) is 5.00. The number of hydrogen-bond donors (Lipinski definition) is 0. The number of rotatable bonds is 4. The van der Waals surface area contributed by atoms with E-state index in [4.69, 9.17) is 0 Å². The van der Waals surface area contributed by atoms with Crippen LogP contribution >= 0.6 is 0 Å². The van der Waals surface area contributed by atoms with Gasteiger partial charge >= 0.3 is 0 Å². The summed E-state index contributed by atoms with van der Waals surface area (Å²) in [5.74, 6) is 0. The average molecular weight is 354 g/mol. The molecule has 140 valence electrons. The Morgan fingerprint density at radius 3 is 2.50 bits per heavy atom. The number of hydrogen-bond acceptors (Lipinski definition) is 3. The van der Waals surface area contributed by atoms with E-state index in [9.17, 15) is 4.79 Å². The summed E-state index contributed by atoms with van der Waals surface area (Å²) in [6.45, 7) is 7.54. The molecule has 0 aliphatic carbocycles. The van der Waals surface area contributed by atoms with Gasteiger partial charge in [0, 0.05) is 31.9 Å². The first kappa shape index (κ1) is 17.6. The lowest BCUT2D eigenvalue weighted by atomic mass is 10.0. The van der Waals surface area contributed by atoms with E-state index in [0.29, 0.717) is 6.04 Å². The van der Waals surface area contributed by atoms with Gasteiger partial charge in [0.05, 0.1) is 11.3 Å². The van der Waals surface area contributed by atoms with Gasteiger partial charge in [-0.15, -0.1) is 0 Å². The molecule has 4 rings (SSSR count). The van der Waals surface area contributed by atoms with Crippen LogP contribution in [0.25, 0.3) is 5.69 Å². The van der Waals surface area contributed by atoms with Crippen LogP contribution in [0.2, 0.25) is 0 Å². The van der Waals surface area contributed by atoms with Crippen LogP contribution in [0, 0.1) is 6.92 Å². The van der Waals surface area contributed by atoms with E-state index in [2.05, 4.69) is 16.7 Å². The van der Waals surface area contributed by atoms with Crippen molar-refractivity contribution >= 4 is 0 Å². The summed E-state index contributed by atoms with van der Waals surface area (Å²) < 4.78 is 3.79. The molecule has 5 nitrogen and oxygen atoms in total. The Bertz CT molecular complexity index is 801. The fourth-order valence-corrected chi connectivity index (χ4v) is 4.61. The van der Waals surface area contributed by atoms with Gasteiger partial charge in [-0.1, -0.05) is 18.2 Å². The second kappa shape index (κ2) is 7.41. The Balaban J connectivity index is 1.56. The Hall–Kier alpha value is -1.85. The molecule has 2 aliphatic heterocycles. The van der Waals surface area contributed by atoms with Crippen LogP contribution < -0.4 is 5.56 Å². The third-order valence-corrected chi connectivity index (χ3v) is 6.19. The van der Waals surface area contributed by atoms with Crippen molar-refractivity contribution in [1.29, 1.82) is 0 Å². The lowest BCUT2D eigenvalue weighted by Crippen LogP contribution is -2.46. The molecule has 5 heteroatoms. The molecule has 1 aromatic carbocycles. The monoisotopic (exact) mass is 354 g/mol. The number of aromatic nitrogens is 2. The quantitative estimate of drug-likeness (QED) is 0.846. The van der Waals surface area contributed by atoms with E-state index in [1.54, 1.807) is 4.68 Å². The molecule has 2 aliphatic rings. The fourth-order valence-electron chi connectivity index (χ4n) is 4.61. The van der Waals surface area contributed by atoms with Crippen molar-refractivity contribution in [3.63, 3.8) is 0 Å². The number of piperidine rings is 1. The predicted molar refractivity (Wildman–Crippen MR) is 105 cm³/mol. The van der Waals surface area contributed by atoms with E-state index in [1.165, 1.54) is 38.8 Å². The van der Waals surface area contributed by atoms with Crippen molar-refractivity contribution in [3.05, 3.63) is 51.9 Å². The lowest BCUT2D eigenvalue weighted by Gasteiger charge is -2.37. The Labute approximate surface area is 155 Å². The molecule has 1 unspecified atom stereocenters. The van der Waals surface area contributed by atoms with Gasteiger partial charge in [0.2, 0.25) is 0 Å². The van der Waals surface area contributed by atoms with E-state index >= 15 is 0 Å². The molecule has 2 aromatic rings. The summed E-state index contributed by atoms with van der Waals surface area (Å²) in [5.41, 5.74) is 3.07. The van der Waals surface area contributed by atoms with Crippen LogP contribution in [0.4, 0.5) is 0 Å². The van der Waals surface area contributed by atoms with Crippen molar-refractivity contribution in [1.82, 2.24) is 19.2 Å². The first-order chi connectivity index (χ1) is 12.6. The van der Waals surface area contributed by atoms with Gasteiger partial charge in [0.25, 0.3) is 5.56 Å². The molecule has 0 spiro atoms. The number of benzene rings is 1. The summed E-state index contributed by atoms with van der Waals surface area (Å²) in [4.78, 5) is 18.3. The van der Waals surface area contributed by atoms with E-state index in [0.717, 1.165) is 36.6 Å². The molecule has 0 N–H and O–H groups in total. The normalized spacial score (nSPS) is 22.2. The van der Waals surface area contributed by atoms with Crippen molar-refractivity contribution < 1.29 is 0 Å². The van der Waals surface area contributed by atoms with Crippen LogP contribution in [0.1, 0.15) is 36.9 Å². The van der Waals surface area contributed by atoms with Crippen molar-refractivity contribution in [2.45, 2.75) is 45.2 Å². The first-order valence-corrected chi connectivity index (χ1v) is 9.94. The maximum Gasteiger partial charge on any atom is 0.276 e. The predicted octanol–water partition coefficient (Wildman–Crippen LogP) is 2.54. The van der Waals surface area contributed by atoms with E-state index < -0.39 is 0 Å². The van der Waals surface area contributed by atoms with Gasteiger partial charge in [-0.25, -0.2) is 4.68 Å². The lowest BCUT2D eigenvalue weighted by molar-refractivity contribution is 0.110. The summed E-state index contributed by atoms with van der Waals surface area (Å²) >= 11 is 0. The van der Waals surface area contributed by atoms with Crippen LogP contribution in [0.3, 0.4) is 0 Å². The zero-order valence-electron chi connectivity index (χ0n) is 16.0. The third-order valence-electron chi connectivity index (χ3n) is 6.19. The molecular weight excluding hydrogens is 324 g/mol. The molecule has 0 bridgehead atoms. The van der Waals surface area contributed by atoms with Crippen LogP contribution in [-0.2, 0) is 13.6 Å². The summed E-state index contributed by atoms with van der Waals surface area (Å²) in [5, 5.41) is 0. The van der Waals surface area contributed by atoms with Crippen LogP contribution in [0.15, 0.2) is 35.1 Å². The minimum atomic E-state index is 0.125. The average Bonchev–Trinajstić information content (AvgIpc) is 3.27. The van der Waals surface area contributed by atoms with Gasteiger partial charge in [-0.05, 0) is 64.4 Å². The number of nitrogens with zero attached hydrogens (tertiary/aromatic N) is 4. The zero-order valence-corrected chi connectivity index (χ0v) is 16.0. The van der Waals surface area contributed by atoms with Crippen molar-refractivity contribution in [2.75, 3.05) is 26.2 Å². The Morgan fingerprint density at radius 2 is 1.77 bits per heavy atom. The fraction of sp³-hybridized carbons (Fsp3) is 0.571. The zero-order chi connectivity index (χ0) is 18.1. The maximum atomic E-state index is 13.1. The Morgan fingerprint density at radius 1 is 1.04 bits per heavy atom. The molecule has 0 amide bonds. The summed E-state index contributed by atoms with van der Waals surface area (Å²) in [6, 6.07) is 10.6. The SMILES string of the molecule is Cc1c(CN2CCCC(N3CCCC3)C2)c(=O)n(-c2ccccc2)n1C. The highest BCUT2D eigenvalue weighted by atomic mass is 16.1. The van der Waals surface area contributed by atoms with E-state index in [-0.39, 0.29) is 5.56 Å². The molecule has 3 heterocycles. The smallest absolute Gasteiger partial charge is 0.276 e. The second-order valence-electron chi connectivity index (χ2n) is 7.81. The third kappa shape index (κ3) is 3.26. The molecule has 1 aromatic heterocycles. The topological polar surface area (TPSA) is 33.4 Å². The van der Waals surface area contributed by atoms with Gasteiger partial charge in [0.1, 0.15) is 0 Å². The van der Waals surface area contributed by atoms with E-state index in [1.807, 2.05) is 42.1 Å². The molecule has 0 saturated carbocycles. The van der Waals surface area contributed by atoms with Crippen molar-refractivity contribution in [3.8, 4) is 5.69 Å². The van der Waals surface area contributed by atoms with Crippen LogP contribution in [-0.4, -0.2) is 51.4 Å². The number of para-hydroxylation sites is 1. The first-order valence-electron chi connectivity index (χ1n) is 9.94. The number of likely N-dealkylation sites (tertiary alicyclic amines) is 2. The molecule has 2 saturated heterocycles. The molecule has 0 radical (unpaired) electrons. The molecule has 1 atom stereocenters. The summed E-state index contributed by atoms with van der Waals surface area (Å²) in [6.07, 6.45) is 5.23. The van der Waals surface area contributed by atoms with Gasteiger partial charge in [0.15, 0.2) is 0 Å². The summed E-state index contributed by atoms with van der Waals surface area (Å²) in [7, 11) is 1.98. The molecule has 26 heavy (non-hydrogen) atoms. The second-order valence-corrected chi connectivity index (χ2v) is 7.81. The largest absolute Gasteiger partial charge is 0.299 e. The highest BCUT2D eigenvalue weighted by Crippen LogP contribution is 2.22. The highest BCUT2D eigenvalue weighted by Gasteiger charge is 2.28. The standard InChI is InChI=1S/C21H30N4O/c1-17-20(21(26)25(22(17)2)18-9-4-3-5-10-18)16-23-12-8-11-19(15-23)24-13-6-7-14-24/h3-5,9-10,19H,6-8,11-16H2,1-2H3. The van der Waals surface area contributed by atoms with Gasteiger partial charge in [-0.3, -0.25) is 19.3 Å². The molecule has 2 fully saturated rings. The van der Waals surface area contributed by atoms with Gasteiger partial charge in [-0.2, -0.15) is 0 Å².